The van der Waals surface area contributed by atoms with Gasteiger partial charge >= 0.3 is 6.03 Å². The molecule has 0 atom stereocenters. The molecular weight excluding hydrogens is 410 g/mol. The summed E-state index contributed by atoms with van der Waals surface area (Å²) in [6.45, 7) is 6.05. The van der Waals surface area contributed by atoms with Crippen LogP contribution >= 0.6 is 11.3 Å². The number of nitrogens with one attached hydrogen (secondary N) is 2. The van der Waals surface area contributed by atoms with E-state index in [4.69, 9.17) is 9.51 Å². The van der Waals surface area contributed by atoms with Gasteiger partial charge in [0.1, 0.15) is 5.76 Å². The van der Waals surface area contributed by atoms with Crippen molar-refractivity contribution in [3.8, 4) is 11.3 Å². The van der Waals surface area contributed by atoms with E-state index in [1.807, 2.05) is 69.4 Å². The quantitative estimate of drug-likeness (QED) is 0.371. The van der Waals surface area contributed by atoms with Crippen LogP contribution in [-0.2, 0) is 5.41 Å². The number of thiazole rings is 1. The van der Waals surface area contributed by atoms with Gasteiger partial charge in [0.2, 0.25) is 0 Å². The lowest BCUT2D eigenvalue weighted by Crippen LogP contribution is -2.19. The van der Waals surface area contributed by atoms with Crippen molar-refractivity contribution < 1.29 is 9.32 Å². The number of anilines is 2. The molecule has 2 aromatic carbocycles. The third kappa shape index (κ3) is 3.77. The third-order valence-electron chi connectivity index (χ3n) is 4.87. The van der Waals surface area contributed by atoms with Crippen molar-refractivity contribution in [1.29, 1.82) is 0 Å². The van der Waals surface area contributed by atoms with Crippen molar-refractivity contribution in [2.45, 2.75) is 26.2 Å². The van der Waals surface area contributed by atoms with Gasteiger partial charge in [-0.3, -0.25) is 9.72 Å². The van der Waals surface area contributed by atoms with Gasteiger partial charge in [0, 0.05) is 28.9 Å². The number of hydrogen-bond acceptors (Lipinski definition) is 5. The molecule has 2 amide bonds. The monoisotopic (exact) mass is 430 g/mol. The van der Waals surface area contributed by atoms with E-state index < -0.39 is 0 Å². The molecule has 3 heterocycles. The second-order valence-corrected chi connectivity index (χ2v) is 9.27. The molecule has 0 aliphatic carbocycles. The van der Waals surface area contributed by atoms with Crippen molar-refractivity contribution >= 4 is 44.1 Å². The van der Waals surface area contributed by atoms with Crippen LogP contribution < -0.4 is 10.6 Å². The van der Waals surface area contributed by atoms with E-state index in [-0.39, 0.29) is 11.4 Å². The second kappa shape index (κ2) is 7.24. The molecule has 5 aromatic rings. The van der Waals surface area contributed by atoms with E-state index in [1.54, 1.807) is 17.4 Å². The van der Waals surface area contributed by atoms with E-state index in [0.717, 1.165) is 26.4 Å². The van der Waals surface area contributed by atoms with Crippen LogP contribution in [0.15, 0.2) is 59.3 Å². The molecule has 0 spiro atoms. The molecule has 0 saturated heterocycles. The molecular formula is C23H20N5O2S. The SMILES string of the molecule is CC(C)(C)c1cc(NC(=O)Nc2ccc(-c3cn4c(n3)sc3c[c]ccc34)cc2)no1. The molecule has 0 bridgehead atoms. The first-order chi connectivity index (χ1) is 14.9. The summed E-state index contributed by atoms with van der Waals surface area (Å²) >= 11 is 1.63. The predicted octanol–water partition coefficient (Wildman–Crippen LogP) is 5.95. The molecule has 0 saturated carbocycles. The van der Waals surface area contributed by atoms with Crippen molar-refractivity contribution in [2.75, 3.05) is 10.6 Å². The lowest BCUT2D eigenvalue weighted by atomic mass is 9.93. The summed E-state index contributed by atoms with van der Waals surface area (Å²) in [7, 11) is 0. The Labute approximate surface area is 182 Å². The summed E-state index contributed by atoms with van der Waals surface area (Å²) in [5.41, 5.74) is 3.47. The van der Waals surface area contributed by atoms with E-state index in [9.17, 15) is 4.79 Å². The van der Waals surface area contributed by atoms with E-state index in [0.29, 0.717) is 17.3 Å². The Kier molecular flexibility index (Phi) is 4.51. The highest BCUT2D eigenvalue weighted by molar-refractivity contribution is 7.23. The zero-order chi connectivity index (χ0) is 21.6. The fraction of sp³-hybridized carbons (Fsp3) is 0.174. The number of aromatic nitrogens is 3. The number of urea groups is 1. The first-order valence-corrected chi connectivity index (χ1v) is 10.6. The second-order valence-electron chi connectivity index (χ2n) is 8.26. The highest BCUT2D eigenvalue weighted by atomic mass is 32.1. The van der Waals surface area contributed by atoms with Gasteiger partial charge in [0.05, 0.1) is 15.9 Å². The fourth-order valence-corrected chi connectivity index (χ4v) is 4.21. The third-order valence-corrected chi connectivity index (χ3v) is 5.89. The molecule has 31 heavy (non-hydrogen) atoms. The molecule has 2 N–H and O–H groups in total. The summed E-state index contributed by atoms with van der Waals surface area (Å²) in [6, 6.07) is 17.9. The maximum absolute atomic E-state index is 12.3. The van der Waals surface area contributed by atoms with Gasteiger partial charge in [-0.15, -0.1) is 0 Å². The highest BCUT2D eigenvalue weighted by Gasteiger charge is 2.20. The number of amides is 2. The highest BCUT2D eigenvalue weighted by Crippen LogP contribution is 2.29. The summed E-state index contributed by atoms with van der Waals surface area (Å²) in [5, 5.41) is 9.39. The van der Waals surface area contributed by atoms with Crippen LogP contribution in [0.4, 0.5) is 16.3 Å². The van der Waals surface area contributed by atoms with Crippen LogP contribution in [0, 0.1) is 6.07 Å². The lowest BCUT2D eigenvalue weighted by molar-refractivity contribution is 0.262. The van der Waals surface area contributed by atoms with Crippen LogP contribution in [0.25, 0.3) is 26.4 Å². The van der Waals surface area contributed by atoms with Crippen LogP contribution in [-0.4, -0.2) is 20.6 Å². The molecule has 0 aliphatic rings. The summed E-state index contributed by atoms with van der Waals surface area (Å²) in [4.78, 5) is 18.0. The first-order valence-electron chi connectivity index (χ1n) is 9.80. The summed E-state index contributed by atoms with van der Waals surface area (Å²) in [6.07, 6.45) is 2.03. The largest absolute Gasteiger partial charge is 0.359 e. The van der Waals surface area contributed by atoms with Gasteiger partial charge in [0.15, 0.2) is 10.8 Å². The van der Waals surface area contributed by atoms with Crippen LogP contribution in [0.3, 0.4) is 0 Å². The van der Waals surface area contributed by atoms with Crippen molar-refractivity contribution in [3.63, 3.8) is 0 Å². The zero-order valence-corrected chi connectivity index (χ0v) is 18.1. The molecule has 0 aliphatic heterocycles. The molecule has 8 heteroatoms. The van der Waals surface area contributed by atoms with Crippen molar-refractivity contribution in [3.05, 3.63) is 66.6 Å². The number of carbonyl (C=O) groups is 1. The van der Waals surface area contributed by atoms with Gasteiger partial charge < -0.3 is 9.84 Å². The smallest absolute Gasteiger partial charge is 0.324 e. The minimum absolute atomic E-state index is 0.175. The zero-order valence-electron chi connectivity index (χ0n) is 17.3. The molecule has 7 nitrogen and oxygen atoms in total. The van der Waals surface area contributed by atoms with Crippen molar-refractivity contribution in [1.82, 2.24) is 14.5 Å². The Morgan fingerprint density at radius 1 is 1.16 bits per heavy atom. The number of hydrogen-bond donors (Lipinski definition) is 2. The number of fused-ring (bicyclic) bond motifs is 3. The van der Waals surface area contributed by atoms with Gasteiger partial charge in [-0.25, -0.2) is 9.78 Å². The Hall–Kier alpha value is -3.65. The minimum Gasteiger partial charge on any atom is -0.359 e. The standard InChI is InChI=1S/C23H20N5O2S/c1-23(2,3)19-12-20(27-30-19)26-21(29)24-15-10-8-14(9-11-15)16-13-28-17-6-4-5-7-18(17)31-22(28)25-16/h4,6-13H,1-3H3,(H2,24,26,27,29). The normalized spacial score (nSPS) is 11.8. The van der Waals surface area contributed by atoms with E-state index >= 15 is 0 Å². The summed E-state index contributed by atoms with van der Waals surface area (Å²) in [5.74, 6) is 1.08. The lowest BCUT2D eigenvalue weighted by Gasteiger charge is -2.12. The number of nitrogens with zero attached hydrogens (tertiary/aromatic N) is 3. The number of rotatable bonds is 3. The summed E-state index contributed by atoms with van der Waals surface area (Å²) < 4.78 is 8.53. The molecule has 0 fully saturated rings. The molecule has 3 aromatic heterocycles. The molecule has 5 rings (SSSR count). The van der Waals surface area contributed by atoms with Gasteiger partial charge in [-0.1, -0.05) is 55.5 Å². The number of carbonyl (C=O) groups excluding carboxylic acids is 1. The Morgan fingerprint density at radius 3 is 2.71 bits per heavy atom. The van der Waals surface area contributed by atoms with Crippen LogP contribution in [0.2, 0.25) is 0 Å². The van der Waals surface area contributed by atoms with Gasteiger partial charge in [0.25, 0.3) is 0 Å². The maximum Gasteiger partial charge on any atom is 0.324 e. The molecule has 0 unspecified atom stereocenters. The topological polar surface area (TPSA) is 84.5 Å². The van der Waals surface area contributed by atoms with E-state index in [1.165, 1.54) is 0 Å². The van der Waals surface area contributed by atoms with Crippen molar-refractivity contribution in [2.24, 2.45) is 0 Å². The first kappa shape index (κ1) is 19.3. The number of imidazole rings is 1. The van der Waals surface area contributed by atoms with Crippen LogP contribution in [0.1, 0.15) is 26.5 Å². The van der Waals surface area contributed by atoms with Gasteiger partial charge in [-0.2, -0.15) is 0 Å². The van der Waals surface area contributed by atoms with E-state index in [2.05, 4.69) is 26.3 Å². The Bertz CT molecular complexity index is 1390. The molecule has 155 valence electrons. The average Bonchev–Trinajstić information content (AvgIpc) is 3.42. The Morgan fingerprint density at radius 2 is 1.97 bits per heavy atom. The minimum atomic E-state index is -0.382. The fourth-order valence-electron chi connectivity index (χ4n) is 3.22. The number of benzene rings is 2. The van der Waals surface area contributed by atoms with Gasteiger partial charge in [-0.05, 0) is 30.3 Å². The predicted molar refractivity (Wildman–Crippen MR) is 123 cm³/mol. The Balaban J connectivity index is 1.29. The molecule has 1 radical (unpaired) electrons. The maximum atomic E-state index is 12.3. The van der Waals surface area contributed by atoms with Crippen LogP contribution in [0.5, 0.6) is 0 Å². The average molecular weight is 431 g/mol.